The first kappa shape index (κ1) is 20.9. The van der Waals surface area contributed by atoms with Crippen molar-refractivity contribution in [1.82, 2.24) is 14.5 Å². The topological polar surface area (TPSA) is 78.3 Å². The van der Waals surface area contributed by atoms with Crippen LogP contribution in [0.3, 0.4) is 0 Å². The molecule has 1 aliphatic heterocycles. The minimum atomic E-state index is -3.29. The van der Waals surface area contributed by atoms with E-state index in [2.05, 4.69) is 0 Å². The fourth-order valence-corrected chi connectivity index (χ4v) is 5.82. The number of likely N-dealkylation sites (tertiary alicyclic amines) is 1. The van der Waals surface area contributed by atoms with Gasteiger partial charge >= 0.3 is 5.69 Å². The second-order valence-corrected chi connectivity index (χ2v) is 9.20. The van der Waals surface area contributed by atoms with Crippen LogP contribution >= 0.6 is 0 Å². The van der Waals surface area contributed by atoms with Crippen LogP contribution in [0, 0.1) is 11.8 Å². The van der Waals surface area contributed by atoms with E-state index in [0.29, 0.717) is 12.8 Å². The quantitative estimate of drug-likeness (QED) is 0.697. The molecule has 2 heterocycles. The fraction of sp³-hybridized carbons (Fsp3) is 0.700. The van der Waals surface area contributed by atoms with Crippen molar-refractivity contribution in [1.29, 1.82) is 0 Å². The Kier molecular flexibility index (Phi) is 4.54. The van der Waals surface area contributed by atoms with E-state index >= 15 is 4.39 Å². The van der Waals surface area contributed by atoms with Crippen LogP contribution in [-0.4, -0.2) is 57.1 Å². The molecule has 5 atom stereocenters. The molecule has 1 aromatic heterocycles. The molecule has 3 fully saturated rings. The molecule has 3 aliphatic carbocycles. The lowest BCUT2D eigenvalue weighted by molar-refractivity contribution is -0.101. The SMILES string of the molecule is CC1c2c(c(=O)[nH]c(=O)n2C2CC2)C(C(F)F)=C(F)C1N1CC2CC(F)(F)C(O)C2C1. The summed E-state index contributed by atoms with van der Waals surface area (Å²) in [7, 11) is 0. The monoisotopic (exact) mass is 447 g/mol. The highest BCUT2D eigenvalue weighted by Gasteiger charge is 2.59. The molecule has 2 N–H and O–H groups in total. The molecule has 1 aromatic rings. The molecule has 0 radical (unpaired) electrons. The molecule has 1 saturated heterocycles. The molecule has 6 nitrogen and oxygen atoms in total. The Bertz CT molecular complexity index is 1080. The van der Waals surface area contributed by atoms with Crippen molar-refractivity contribution in [2.24, 2.45) is 11.8 Å². The Labute approximate surface area is 173 Å². The third-order valence-corrected chi connectivity index (χ3v) is 7.29. The van der Waals surface area contributed by atoms with Gasteiger partial charge in [0.2, 0.25) is 0 Å². The number of hydrogen-bond donors (Lipinski definition) is 2. The lowest BCUT2D eigenvalue weighted by atomic mass is 9.82. The van der Waals surface area contributed by atoms with Crippen molar-refractivity contribution in [3.8, 4) is 0 Å². The number of fused-ring (bicyclic) bond motifs is 2. The van der Waals surface area contributed by atoms with E-state index in [4.69, 9.17) is 0 Å². The average Bonchev–Trinajstić information content (AvgIpc) is 3.38. The van der Waals surface area contributed by atoms with Crippen molar-refractivity contribution in [2.45, 2.75) is 62.6 Å². The third-order valence-electron chi connectivity index (χ3n) is 7.29. The maximum atomic E-state index is 15.5. The summed E-state index contributed by atoms with van der Waals surface area (Å²) in [5.74, 6) is -6.62. The van der Waals surface area contributed by atoms with Crippen LogP contribution in [0.15, 0.2) is 15.4 Å². The zero-order valence-corrected chi connectivity index (χ0v) is 16.6. The summed E-state index contributed by atoms with van der Waals surface area (Å²) < 4.78 is 72.4. The van der Waals surface area contributed by atoms with Crippen molar-refractivity contribution in [2.75, 3.05) is 13.1 Å². The van der Waals surface area contributed by atoms with E-state index in [1.165, 1.54) is 9.47 Å². The summed E-state index contributed by atoms with van der Waals surface area (Å²) in [4.78, 5) is 28.5. The molecule has 4 aliphatic rings. The van der Waals surface area contributed by atoms with Gasteiger partial charge < -0.3 is 5.11 Å². The van der Waals surface area contributed by atoms with E-state index in [0.717, 1.165) is 0 Å². The predicted molar refractivity (Wildman–Crippen MR) is 100.0 cm³/mol. The summed E-state index contributed by atoms with van der Waals surface area (Å²) in [6, 6.07) is -1.48. The van der Waals surface area contributed by atoms with Crippen molar-refractivity contribution < 1.29 is 27.1 Å². The van der Waals surface area contributed by atoms with Gasteiger partial charge in [-0.25, -0.2) is 26.7 Å². The first-order chi connectivity index (χ1) is 14.5. The molecular formula is C20H22F5N3O3. The molecule has 0 bridgehead atoms. The zero-order chi connectivity index (χ0) is 22.4. The summed E-state index contributed by atoms with van der Waals surface area (Å²) in [6.45, 7) is 1.50. The van der Waals surface area contributed by atoms with E-state index in [1.807, 2.05) is 4.98 Å². The maximum absolute atomic E-state index is 15.5. The van der Waals surface area contributed by atoms with E-state index in [-0.39, 0.29) is 24.8 Å². The van der Waals surface area contributed by atoms with Gasteiger partial charge in [-0.15, -0.1) is 0 Å². The molecule has 0 aromatic carbocycles. The van der Waals surface area contributed by atoms with Crippen LogP contribution in [0.4, 0.5) is 22.0 Å². The van der Waals surface area contributed by atoms with Crippen LogP contribution in [0.25, 0.3) is 5.57 Å². The highest BCUT2D eigenvalue weighted by molar-refractivity contribution is 5.74. The van der Waals surface area contributed by atoms with Crippen LogP contribution in [-0.2, 0) is 0 Å². The van der Waals surface area contributed by atoms with Gasteiger partial charge in [0.25, 0.3) is 17.9 Å². The van der Waals surface area contributed by atoms with Gasteiger partial charge in [0.1, 0.15) is 11.9 Å². The lowest BCUT2D eigenvalue weighted by Crippen LogP contribution is -2.47. The Hall–Kier alpha value is -2.01. The number of alkyl halides is 4. The van der Waals surface area contributed by atoms with Crippen LogP contribution in [0.5, 0.6) is 0 Å². The molecule has 5 rings (SSSR count). The maximum Gasteiger partial charge on any atom is 0.328 e. The molecule has 5 unspecified atom stereocenters. The van der Waals surface area contributed by atoms with Gasteiger partial charge in [-0.1, -0.05) is 6.92 Å². The number of hydrogen-bond acceptors (Lipinski definition) is 4. The van der Waals surface area contributed by atoms with Gasteiger partial charge in [0.05, 0.1) is 17.2 Å². The molecule has 2 saturated carbocycles. The second-order valence-electron chi connectivity index (χ2n) is 9.20. The molecular weight excluding hydrogens is 425 g/mol. The van der Waals surface area contributed by atoms with Gasteiger partial charge in [-0.2, -0.15) is 0 Å². The molecule has 0 amide bonds. The number of allylic oxidation sites excluding steroid dienone is 1. The van der Waals surface area contributed by atoms with Crippen molar-refractivity contribution >= 4 is 5.57 Å². The highest BCUT2D eigenvalue weighted by atomic mass is 19.3. The number of H-pyrrole nitrogens is 1. The Morgan fingerprint density at radius 2 is 1.87 bits per heavy atom. The molecule has 11 heteroatoms. The first-order valence-corrected chi connectivity index (χ1v) is 10.4. The number of halogens is 5. The first-order valence-electron chi connectivity index (χ1n) is 10.4. The predicted octanol–water partition coefficient (Wildman–Crippen LogP) is 2.25. The van der Waals surface area contributed by atoms with Gasteiger partial charge in [-0.05, 0) is 18.8 Å². The van der Waals surface area contributed by atoms with Crippen LogP contribution in [0.1, 0.15) is 49.4 Å². The van der Waals surface area contributed by atoms with Crippen LogP contribution in [0.2, 0.25) is 0 Å². The third kappa shape index (κ3) is 2.95. The number of nitrogens with one attached hydrogen (secondary N) is 1. The number of rotatable bonds is 3. The van der Waals surface area contributed by atoms with Gasteiger partial charge in [0.15, 0.2) is 0 Å². The normalized spacial score (nSPS) is 35.0. The highest BCUT2D eigenvalue weighted by Crippen LogP contribution is 2.51. The van der Waals surface area contributed by atoms with Gasteiger partial charge in [-0.3, -0.25) is 19.2 Å². The summed E-state index contributed by atoms with van der Waals surface area (Å²) >= 11 is 0. The fourth-order valence-electron chi connectivity index (χ4n) is 5.82. The second kappa shape index (κ2) is 6.74. The Morgan fingerprint density at radius 3 is 2.45 bits per heavy atom. The number of aliphatic hydroxyl groups is 1. The van der Waals surface area contributed by atoms with Gasteiger partial charge in [0, 0.05) is 43.1 Å². The lowest BCUT2D eigenvalue weighted by Gasteiger charge is -2.38. The zero-order valence-electron chi connectivity index (χ0n) is 16.6. The standard InChI is InChI=1S/C20H22F5N3O3/c1-7-14-12(18(30)26-19(31)28(14)9-2-3-9)11(17(22)23)13(21)15(7)27-5-8-4-20(24,25)16(29)10(8)6-27/h7-10,15-17,29H,2-6H2,1H3,(H,26,30,31). The number of aliphatic hydroxyl groups excluding tert-OH is 1. The molecule has 0 spiro atoms. The number of nitrogens with zero attached hydrogens (tertiary/aromatic N) is 2. The summed E-state index contributed by atoms with van der Waals surface area (Å²) in [5.41, 5.74) is -3.26. The van der Waals surface area contributed by atoms with Crippen molar-refractivity contribution in [3.05, 3.63) is 37.9 Å². The smallest absolute Gasteiger partial charge is 0.328 e. The molecule has 31 heavy (non-hydrogen) atoms. The average molecular weight is 447 g/mol. The Morgan fingerprint density at radius 1 is 1.19 bits per heavy atom. The minimum Gasteiger partial charge on any atom is -0.387 e. The van der Waals surface area contributed by atoms with E-state index in [9.17, 15) is 32.3 Å². The van der Waals surface area contributed by atoms with Crippen molar-refractivity contribution in [3.63, 3.8) is 0 Å². The molecule has 170 valence electrons. The Balaban J connectivity index is 1.62. The largest absolute Gasteiger partial charge is 0.387 e. The number of aromatic amines is 1. The minimum absolute atomic E-state index is 0.0163. The summed E-state index contributed by atoms with van der Waals surface area (Å²) in [5, 5.41) is 9.98. The van der Waals surface area contributed by atoms with Crippen LogP contribution < -0.4 is 11.2 Å². The summed E-state index contributed by atoms with van der Waals surface area (Å²) in [6.07, 6.45) is -4.44. The van der Waals surface area contributed by atoms with E-state index < -0.39 is 76.9 Å². The number of aromatic nitrogens is 2. The van der Waals surface area contributed by atoms with E-state index in [1.54, 1.807) is 6.92 Å².